The van der Waals surface area contributed by atoms with Crippen molar-refractivity contribution in [2.75, 3.05) is 25.0 Å². The van der Waals surface area contributed by atoms with Gasteiger partial charge in [-0.05, 0) is 25.3 Å². The summed E-state index contributed by atoms with van der Waals surface area (Å²) >= 11 is 5.89. The third-order valence-electron chi connectivity index (χ3n) is 7.06. The molecule has 13 heteroatoms. The van der Waals surface area contributed by atoms with Gasteiger partial charge in [-0.1, -0.05) is 16.8 Å². The van der Waals surface area contributed by atoms with Crippen molar-refractivity contribution >= 4 is 40.9 Å². The number of fused-ring (bicyclic) bond motifs is 8. The Morgan fingerprint density at radius 3 is 2.62 bits per heavy atom. The smallest absolute Gasteiger partial charge is 0.417 e. The molecular weight excluding hydrogens is 481 g/mol. The monoisotopic (exact) mass is 500 g/mol. The highest BCUT2D eigenvalue weighted by Crippen LogP contribution is 2.61. The third kappa shape index (κ3) is 3.41. The van der Waals surface area contributed by atoms with Crippen molar-refractivity contribution in [3.63, 3.8) is 0 Å². The van der Waals surface area contributed by atoms with Gasteiger partial charge in [-0.2, -0.15) is 13.2 Å². The Hall–Kier alpha value is -2.89. The molecule has 1 N–H and O–H groups in total. The Morgan fingerprint density at radius 2 is 1.97 bits per heavy atom. The standard InChI is InChI=1S/C21H20ClF3N4O5/c1-2-33-20(32)15-14-9-6-10(16(14)34-28-15)13-12(9)18(30)29(19(13)31)4-3-26-17-11(22)5-8(7-27-17)21(23,24)25/h5,7,9-10,12-14,16H,2-4,6H2,1H3,(H,26,27)/t9-,10-,12-,13-,14-,16+/m0/s1. The van der Waals surface area contributed by atoms with E-state index < -0.39 is 35.6 Å². The summed E-state index contributed by atoms with van der Waals surface area (Å²) in [5.41, 5.74) is -0.809. The number of halogens is 4. The number of pyridine rings is 1. The number of aromatic nitrogens is 1. The number of likely N-dealkylation sites (tertiary alicyclic amines) is 1. The van der Waals surface area contributed by atoms with Crippen LogP contribution in [0.1, 0.15) is 18.9 Å². The van der Waals surface area contributed by atoms with Gasteiger partial charge < -0.3 is 14.9 Å². The fourth-order valence-corrected chi connectivity index (χ4v) is 6.02. The normalized spacial score (nSPS) is 31.3. The number of carbonyl (C=O) groups is 3. The molecule has 9 nitrogen and oxygen atoms in total. The number of rotatable bonds is 6. The van der Waals surface area contributed by atoms with Gasteiger partial charge in [0.25, 0.3) is 0 Å². The Balaban J connectivity index is 1.25. The summed E-state index contributed by atoms with van der Waals surface area (Å²) in [6.45, 7) is 1.92. The Kier molecular flexibility index (Phi) is 5.45. The largest absolute Gasteiger partial charge is 0.461 e. The zero-order chi connectivity index (χ0) is 24.4. The number of carbonyl (C=O) groups excluding carboxylic acids is 3. The maximum Gasteiger partial charge on any atom is 0.417 e. The van der Waals surface area contributed by atoms with Crippen LogP contribution in [0.3, 0.4) is 0 Å². The van der Waals surface area contributed by atoms with Crippen LogP contribution in [0.5, 0.6) is 0 Å². The Bertz CT molecular complexity index is 1100. The first-order valence-corrected chi connectivity index (χ1v) is 11.2. The first kappa shape index (κ1) is 22.9. The van der Waals surface area contributed by atoms with E-state index in [4.69, 9.17) is 21.2 Å². The summed E-state index contributed by atoms with van der Waals surface area (Å²) in [6.07, 6.45) is -3.75. The van der Waals surface area contributed by atoms with Crippen LogP contribution in [0.4, 0.5) is 19.0 Å². The molecule has 1 aromatic rings. The molecule has 4 aliphatic rings. The van der Waals surface area contributed by atoms with E-state index >= 15 is 0 Å². The number of anilines is 1. The van der Waals surface area contributed by atoms with Crippen LogP contribution < -0.4 is 5.32 Å². The van der Waals surface area contributed by atoms with E-state index in [2.05, 4.69) is 15.5 Å². The predicted octanol–water partition coefficient (Wildman–Crippen LogP) is 2.35. The van der Waals surface area contributed by atoms with Crippen LogP contribution in [0.2, 0.25) is 5.02 Å². The average Bonchev–Trinajstić information content (AvgIpc) is 3.50. The van der Waals surface area contributed by atoms with Crippen LogP contribution >= 0.6 is 11.6 Å². The topological polar surface area (TPSA) is 110 Å². The quantitative estimate of drug-likeness (QED) is 0.471. The van der Waals surface area contributed by atoms with E-state index in [9.17, 15) is 27.6 Å². The zero-order valence-electron chi connectivity index (χ0n) is 17.8. The number of esters is 1. The number of amides is 2. The van der Waals surface area contributed by atoms with Crippen molar-refractivity contribution in [2.45, 2.75) is 25.6 Å². The van der Waals surface area contributed by atoms with Crippen LogP contribution in [0, 0.1) is 29.6 Å². The summed E-state index contributed by atoms with van der Waals surface area (Å²) in [7, 11) is 0. The van der Waals surface area contributed by atoms with Gasteiger partial charge in [0.2, 0.25) is 11.8 Å². The third-order valence-corrected chi connectivity index (χ3v) is 7.35. The molecule has 3 heterocycles. The predicted molar refractivity (Wildman–Crippen MR) is 110 cm³/mol. The minimum atomic E-state index is -4.57. The molecule has 0 unspecified atom stereocenters. The fourth-order valence-electron chi connectivity index (χ4n) is 5.79. The molecule has 6 atom stereocenters. The molecule has 2 aliphatic carbocycles. The van der Waals surface area contributed by atoms with Crippen LogP contribution in [-0.2, 0) is 30.1 Å². The Morgan fingerprint density at radius 1 is 1.26 bits per heavy atom. The lowest BCUT2D eigenvalue weighted by atomic mass is 9.72. The average molecular weight is 501 g/mol. The highest BCUT2D eigenvalue weighted by Gasteiger charge is 2.70. The fraction of sp³-hybridized carbons (Fsp3) is 0.571. The second-order valence-electron chi connectivity index (χ2n) is 8.71. The summed E-state index contributed by atoms with van der Waals surface area (Å²) < 4.78 is 43.4. The van der Waals surface area contributed by atoms with Gasteiger partial charge in [0.05, 0.1) is 34.9 Å². The van der Waals surface area contributed by atoms with Gasteiger partial charge in [0.15, 0.2) is 5.71 Å². The summed E-state index contributed by atoms with van der Waals surface area (Å²) in [6, 6.07) is 0.757. The molecule has 3 fully saturated rings. The van der Waals surface area contributed by atoms with E-state index in [1.807, 2.05) is 0 Å². The lowest BCUT2D eigenvalue weighted by Gasteiger charge is -2.29. The highest BCUT2D eigenvalue weighted by atomic mass is 35.5. The van der Waals surface area contributed by atoms with Gasteiger partial charge >= 0.3 is 12.1 Å². The van der Waals surface area contributed by atoms with Crippen molar-refractivity contribution < 1.29 is 37.1 Å². The lowest BCUT2D eigenvalue weighted by Crippen LogP contribution is -2.42. The highest BCUT2D eigenvalue weighted by molar-refractivity contribution is 6.38. The summed E-state index contributed by atoms with van der Waals surface area (Å²) in [5.74, 6) is -3.15. The first-order chi connectivity index (χ1) is 16.1. The number of imide groups is 1. The molecule has 5 rings (SSSR count). The number of nitrogens with zero attached hydrogens (tertiary/aromatic N) is 3. The van der Waals surface area contributed by atoms with Crippen molar-refractivity contribution in [2.24, 2.45) is 34.7 Å². The van der Waals surface area contributed by atoms with E-state index in [1.165, 1.54) is 0 Å². The molecule has 0 radical (unpaired) electrons. The molecule has 0 spiro atoms. The number of ether oxygens (including phenoxy) is 1. The van der Waals surface area contributed by atoms with Crippen molar-refractivity contribution in [3.8, 4) is 0 Å². The molecule has 2 bridgehead atoms. The van der Waals surface area contributed by atoms with E-state index in [-0.39, 0.29) is 65.8 Å². The molecule has 1 saturated heterocycles. The minimum Gasteiger partial charge on any atom is -0.461 e. The second kappa shape index (κ2) is 8.10. The SMILES string of the molecule is CCOC(=O)C1=NO[C@@H]2[C@H]3C[C@H]([C@@H]12)[C@@H]1C(=O)N(CCNc2ncc(C(F)(F)F)cc2Cl)C(=O)[C@@H]31. The van der Waals surface area contributed by atoms with Gasteiger partial charge in [0.1, 0.15) is 11.9 Å². The van der Waals surface area contributed by atoms with Crippen molar-refractivity contribution in [1.29, 1.82) is 0 Å². The summed E-state index contributed by atoms with van der Waals surface area (Å²) in [4.78, 5) is 48.8. The molecule has 0 aromatic carbocycles. The maximum absolute atomic E-state index is 13.2. The van der Waals surface area contributed by atoms with E-state index in [0.29, 0.717) is 12.6 Å². The number of alkyl halides is 3. The molecule has 1 aromatic heterocycles. The van der Waals surface area contributed by atoms with Crippen LogP contribution in [0.25, 0.3) is 0 Å². The number of oxime groups is 1. The second-order valence-corrected chi connectivity index (χ2v) is 9.12. The van der Waals surface area contributed by atoms with E-state index in [1.54, 1.807) is 6.92 Å². The molecule has 2 aliphatic heterocycles. The minimum absolute atomic E-state index is 0.00183. The van der Waals surface area contributed by atoms with Gasteiger partial charge in [0, 0.05) is 25.2 Å². The number of hydrogen-bond donors (Lipinski definition) is 1. The first-order valence-electron chi connectivity index (χ1n) is 10.9. The zero-order valence-corrected chi connectivity index (χ0v) is 18.6. The van der Waals surface area contributed by atoms with E-state index in [0.717, 1.165) is 11.0 Å². The lowest BCUT2D eigenvalue weighted by molar-refractivity contribution is -0.141. The maximum atomic E-state index is 13.2. The van der Waals surface area contributed by atoms with Crippen molar-refractivity contribution in [1.82, 2.24) is 9.88 Å². The molecule has 2 saturated carbocycles. The molecule has 34 heavy (non-hydrogen) atoms. The Labute approximate surface area is 196 Å². The van der Waals surface area contributed by atoms with Crippen molar-refractivity contribution in [3.05, 3.63) is 22.8 Å². The molecule has 2 amide bonds. The summed E-state index contributed by atoms with van der Waals surface area (Å²) in [5, 5.41) is 6.45. The number of nitrogens with one attached hydrogen (secondary N) is 1. The number of hydrogen-bond acceptors (Lipinski definition) is 8. The van der Waals surface area contributed by atoms with Gasteiger partial charge in [-0.25, -0.2) is 9.78 Å². The molecule has 182 valence electrons. The van der Waals surface area contributed by atoms with Crippen LogP contribution in [-0.4, -0.2) is 59.2 Å². The molecular formula is C21H20ClF3N4O5. The van der Waals surface area contributed by atoms with Gasteiger partial charge in [-0.3, -0.25) is 14.5 Å². The van der Waals surface area contributed by atoms with Gasteiger partial charge in [-0.15, -0.1) is 0 Å². The van der Waals surface area contributed by atoms with Crippen LogP contribution in [0.15, 0.2) is 17.4 Å².